The van der Waals surface area contributed by atoms with Crippen LogP contribution in [0.25, 0.3) is 33.0 Å². The Kier molecular flexibility index (Phi) is 8.67. The van der Waals surface area contributed by atoms with Gasteiger partial charge in [-0.2, -0.15) is 0 Å². The summed E-state index contributed by atoms with van der Waals surface area (Å²) in [7, 11) is 0. The normalized spacial score (nSPS) is 14.7. The molecule has 2 aliphatic rings. The maximum absolute atomic E-state index is 2.57. The van der Waals surface area contributed by atoms with Crippen molar-refractivity contribution >= 4 is 27.8 Å². The summed E-state index contributed by atoms with van der Waals surface area (Å²) in [5, 5.41) is 2.48. The van der Waals surface area contributed by atoms with E-state index in [4.69, 9.17) is 0 Å². The quantitative estimate of drug-likeness (QED) is 0.158. The molecule has 0 aliphatic heterocycles. The van der Waals surface area contributed by atoms with Gasteiger partial charge in [-0.3, -0.25) is 0 Å². The Labute approximate surface area is 331 Å². The zero-order valence-electron chi connectivity index (χ0n) is 32.4. The lowest BCUT2D eigenvalue weighted by Crippen LogP contribution is -2.28. The summed E-state index contributed by atoms with van der Waals surface area (Å²) in [4.78, 5) is 2.57. The topological polar surface area (TPSA) is 3.24 Å². The first-order valence-electron chi connectivity index (χ1n) is 20.5. The molecule has 1 heteroatoms. The highest BCUT2D eigenvalue weighted by molar-refractivity contribution is 5.99. The number of nitrogens with zero attached hydrogens (tertiary/aromatic N) is 1. The predicted octanol–water partition coefficient (Wildman–Crippen LogP) is 15.0. The molecule has 0 N–H and O–H groups in total. The van der Waals surface area contributed by atoms with E-state index in [1.54, 1.807) is 0 Å². The van der Waals surface area contributed by atoms with Gasteiger partial charge in [-0.15, -0.1) is 0 Å². The van der Waals surface area contributed by atoms with Crippen LogP contribution in [-0.2, 0) is 5.41 Å². The molecule has 1 saturated carbocycles. The van der Waals surface area contributed by atoms with Gasteiger partial charge < -0.3 is 4.90 Å². The number of rotatable bonds is 7. The number of benzene rings is 8. The average molecular weight is 722 g/mol. The Balaban J connectivity index is 1.29. The van der Waals surface area contributed by atoms with Crippen LogP contribution in [0.3, 0.4) is 0 Å². The molecule has 8 aromatic carbocycles. The second-order valence-electron chi connectivity index (χ2n) is 16.0. The van der Waals surface area contributed by atoms with E-state index in [1.165, 1.54) is 115 Å². The minimum atomic E-state index is -0.493. The zero-order valence-corrected chi connectivity index (χ0v) is 32.4. The summed E-state index contributed by atoms with van der Waals surface area (Å²) in [5.41, 5.74) is 17.5. The van der Waals surface area contributed by atoms with Crippen molar-refractivity contribution < 1.29 is 0 Å². The van der Waals surface area contributed by atoms with Crippen LogP contribution in [0.1, 0.15) is 77.0 Å². The largest absolute Gasteiger partial charge is 0.310 e. The van der Waals surface area contributed by atoms with Crippen molar-refractivity contribution in [3.63, 3.8) is 0 Å². The summed E-state index contributed by atoms with van der Waals surface area (Å²) in [5.74, 6) is 0.597. The van der Waals surface area contributed by atoms with Crippen molar-refractivity contribution in [2.24, 2.45) is 0 Å². The molecular weight excluding hydrogens is 675 g/mol. The van der Waals surface area contributed by atoms with Gasteiger partial charge in [0.15, 0.2) is 0 Å². The lowest BCUT2D eigenvalue weighted by molar-refractivity contribution is 0.443. The van der Waals surface area contributed by atoms with Crippen LogP contribution >= 0.6 is 0 Å². The minimum Gasteiger partial charge on any atom is -0.310 e. The van der Waals surface area contributed by atoms with Crippen molar-refractivity contribution in [3.8, 4) is 22.3 Å². The lowest BCUT2D eigenvalue weighted by atomic mass is 9.67. The highest BCUT2D eigenvalue weighted by Gasteiger charge is 2.47. The number of hydrogen-bond donors (Lipinski definition) is 0. The van der Waals surface area contributed by atoms with E-state index in [-0.39, 0.29) is 0 Å². The summed E-state index contributed by atoms with van der Waals surface area (Å²) in [6.07, 6.45) is 6.50. The van der Waals surface area contributed by atoms with E-state index in [0.717, 1.165) is 5.69 Å². The molecule has 0 radical (unpaired) electrons. The fraction of sp³-hybridized carbons (Fsp3) is 0.164. The van der Waals surface area contributed by atoms with Crippen LogP contribution in [-0.4, -0.2) is 0 Å². The van der Waals surface area contributed by atoms with Crippen LogP contribution in [0, 0.1) is 13.8 Å². The van der Waals surface area contributed by atoms with Crippen molar-refractivity contribution in [3.05, 3.63) is 221 Å². The molecule has 0 saturated heterocycles. The smallest absolute Gasteiger partial charge is 0.0714 e. The molecule has 0 aromatic heterocycles. The Morgan fingerprint density at radius 3 is 1.80 bits per heavy atom. The van der Waals surface area contributed by atoms with Crippen LogP contribution in [0.5, 0.6) is 0 Å². The van der Waals surface area contributed by atoms with Gasteiger partial charge in [-0.25, -0.2) is 0 Å². The molecule has 1 fully saturated rings. The van der Waals surface area contributed by atoms with Crippen LogP contribution in [0.2, 0.25) is 0 Å². The highest BCUT2D eigenvalue weighted by atomic mass is 15.1. The van der Waals surface area contributed by atoms with Gasteiger partial charge in [-0.05, 0) is 135 Å². The van der Waals surface area contributed by atoms with Crippen molar-refractivity contribution in [2.75, 3.05) is 4.90 Å². The molecule has 1 nitrogen and oxygen atoms in total. The Hall–Kier alpha value is -6.18. The van der Waals surface area contributed by atoms with Gasteiger partial charge in [0.2, 0.25) is 0 Å². The van der Waals surface area contributed by atoms with Crippen molar-refractivity contribution in [1.82, 2.24) is 0 Å². The van der Waals surface area contributed by atoms with E-state index >= 15 is 0 Å². The molecule has 10 rings (SSSR count). The molecule has 272 valence electrons. The van der Waals surface area contributed by atoms with Crippen LogP contribution < -0.4 is 4.90 Å². The summed E-state index contributed by atoms with van der Waals surface area (Å²) in [6, 6.07) is 68.6. The van der Waals surface area contributed by atoms with Gasteiger partial charge in [-0.1, -0.05) is 165 Å². The van der Waals surface area contributed by atoms with Gasteiger partial charge >= 0.3 is 0 Å². The highest BCUT2D eigenvalue weighted by Crippen LogP contribution is 2.58. The third kappa shape index (κ3) is 5.60. The van der Waals surface area contributed by atoms with E-state index in [0.29, 0.717) is 5.92 Å². The van der Waals surface area contributed by atoms with Gasteiger partial charge in [0.05, 0.1) is 11.1 Å². The molecule has 0 bridgehead atoms. The molecule has 0 unspecified atom stereocenters. The predicted molar refractivity (Wildman–Crippen MR) is 237 cm³/mol. The fourth-order valence-electron chi connectivity index (χ4n) is 10.1. The van der Waals surface area contributed by atoms with Crippen LogP contribution in [0.15, 0.2) is 182 Å². The maximum atomic E-state index is 2.57. The summed E-state index contributed by atoms with van der Waals surface area (Å²) in [6.45, 7) is 4.51. The zero-order chi connectivity index (χ0) is 37.6. The van der Waals surface area contributed by atoms with Gasteiger partial charge in [0, 0.05) is 16.9 Å². The fourth-order valence-corrected chi connectivity index (χ4v) is 10.1. The average Bonchev–Trinajstić information content (AvgIpc) is 3.56. The second kappa shape index (κ2) is 14.2. The lowest BCUT2D eigenvalue weighted by Gasteiger charge is -2.35. The van der Waals surface area contributed by atoms with E-state index in [1.807, 2.05) is 0 Å². The molecule has 0 atom stereocenters. The van der Waals surface area contributed by atoms with Crippen LogP contribution in [0.4, 0.5) is 17.1 Å². The van der Waals surface area contributed by atoms with Gasteiger partial charge in [0.25, 0.3) is 0 Å². The first-order valence-corrected chi connectivity index (χ1v) is 20.5. The summed E-state index contributed by atoms with van der Waals surface area (Å²) < 4.78 is 0. The first-order chi connectivity index (χ1) is 27.6. The SMILES string of the molecule is Cc1ccccc1-c1cc2ccccc2cc1N(c1cccc(C2CCCCC2)c1)c1ccc2c(c1)C(c1ccccc1)(c1ccccc1)c1cccc(C)c1-2. The van der Waals surface area contributed by atoms with Crippen molar-refractivity contribution in [2.45, 2.75) is 57.3 Å². The third-order valence-electron chi connectivity index (χ3n) is 12.8. The molecule has 0 heterocycles. The molecule has 8 aromatic rings. The van der Waals surface area contributed by atoms with Gasteiger partial charge in [0.1, 0.15) is 0 Å². The number of anilines is 3. The van der Waals surface area contributed by atoms with E-state index in [9.17, 15) is 0 Å². The Morgan fingerprint density at radius 2 is 1.07 bits per heavy atom. The van der Waals surface area contributed by atoms with E-state index in [2.05, 4.69) is 201 Å². The second-order valence-corrected chi connectivity index (χ2v) is 16.0. The maximum Gasteiger partial charge on any atom is 0.0714 e. The Morgan fingerprint density at radius 1 is 0.446 bits per heavy atom. The molecule has 56 heavy (non-hydrogen) atoms. The molecule has 0 amide bonds. The third-order valence-corrected chi connectivity index (χ3v) is 12.8. The Bertz CT molecular complexity index is 2660. The number of aryl methyl sites for hydroxylation is 2. The summed E-state index contributed by atoms with van der Waals surface area (Å²) >= 11 is 0. The number of hydrogen-bond acceptors (Lipinski definition) is 1. The molecule has 0 spiro atoms. The van der Waals surface area contributed by atoms with E-state index < -0.39 is 5.41 Å². The molecular formula is C55H47N. The standard InChI is InChI=1S/C55H47N/c1-38-18-12-15-30-48(38)50-35-42-22-13-14-23-43(42)36-53(50)56(46-29-17-24-41(34-46)40-20-6-3-7-21-40)47-32-33-49-52(37-47)55(44-25-8-4-9-26-44,45-27-10-5-11-28-45)51-31-16-19-39(2)54(49)51/h4-5,8-19,22-37,40H,3,6-7,20-21H2,1-2H3. The van der Waals surface area contributed by atoms with Crippen molar-refractivity contribution in [1.29, 1.82) is 0 Å². The monoisotopic (exact) mass is 721 g/mol. The first kappa shape index (κ1) is 34.3. The molecule has 2 aliphatic carbocycles. The number of fused-ring (bicyclic) bond motifs is 4. The minimum absolute atomic E-state index is 0.493.